The molecule has 2 aromatic rings. The summed E-state index contributed by atoms with van der Waals surface area (Å²) in [5, 5.41) is 9.14. The maximum Gasteiger partial charge on any atom is 0.236 e. The lowest BCUT2D eigenvalue weighted by atomic mass is 10.3. The maximum atomic E-state index is 10.8. The molecule has 1 amide bonds. The van der Waals surface area contributed by atoms with E-state index < -0.39 is 0 Å². The van der Waals surface area contributed by atoms with Gasteiger partial charge in [0.2, 0.25) is 5.91 Å². The number of rotatable bonds is 3. The van der Waals surface area contributed by atoms with Crippen LogP contribution in [0, 0.1) is 6.92 Å². The number of hydrogen-bond donors (Lipinski definition) is 1. The molecule has 104 valence electrons. The Kier molecular flexibility index (Phi) is 4.42. The molecule has 0 aliphatic heterocycles. The van der Waals surface area contributed by atoms with Crippen LogP contribution in [0.3, 0.4) is 0 Å². The Morgan fingerprint density at radius 2 is 2.20 bits per heavy atom. The number of amides is 1. The van der Waals surface area contributed by atoms with Crippen molar-refractivity contribution in [1.82, 2.24) is 15.2 Å². The molecule has 0 bridgehead atoms. The summed E-state index contributed by atoms with van der Waals surface area (Å²) in [5.41, 5.74) is 4.41. The van der Waals surface area contributed by atoms with Crippen LogP contribution < -0.4 is 5.43 Å². The lowest BCUT2D eigenvalue weighted by molar-refractivity contribution is -0.118. The van der Waals surface area contributed by atoms with Crippen LogP contribution in [0.25, 0.3) is 5.69 Å². The lowest BCUT2D eigenvalue weighted by Gasteiger charge is -2.03. The SMILES string of the molecule is CC(=O)N/N=C\c1c(C)nn(-c2cccc(Cl)c2)c1Cl. The van der Waals surface area contributed by atoms with Gasteiger partial charge in [0, 0.05) is 11.9 Å². The summed E-state index contributed by atoms with van der Waals surface area (Å²) in [7, 11) is 0. The Bertz CT molecular complexity index is 679. The van der Waals surface area contributed by atoms with Crippen LogP contribution in [-0.2, 0) is 4.79 Å². The molecule has 1 N–H and O–H groups in total. The summed E-state index contributed by atoms with van der Waals surface area (Å²) in [5.74, 6) is -0.253. The third kappa shape index (κ3) is 3.18. The molecule has 2 rings (SSSR count). The minimum atomic E-state index is -0.253. The van der Waals surface area contributed by atoms with Gasteiger partial charge in [0.05, 0.1) is 23.2 Å². The molecule has 1 aromatic heterocycles. The predicted octanol–water partition coefficient (Wildman–Crippen LogP) is 2.96. The second kappa shape index (κ2) is 6.07. The van der Waals surface area contributed by atoms with Crippen molar-refractivity contribution in [2.75, 3.05) is 0 Å². The Morgan fingerprint density at radius 3 is 2.85 bits per heavy atom. The fraction of sp³-hybridized carbons (Fsp3) is 0.154. The van der Waals surface area contributed by atoms with E-state index in [0.29, 0.717) is 21.4 Å². The first-order valence-electron chi connectivity index (χ1n) is 5.79. The van der Waals surface area contributed by atoms with E-state index in [4.69, 9.17) is 23.2 Å². The third-order valence-corrected chi connectivity index (χ3v) is 3.12. The van der Waals surface area contributed by atoms with E-state index in [2.05, 4.69) is 15.6 Å². The summed E-state index contributed by atoms with van der Waals surface area (Å²) in [6.45, 7) is 3.18. The van der Waals surface area contributed by atoms with Gasteiger partial charge in [-0.3, -0.25) is 4.79 Å². The van der Waals surface area contributed by atoms with E-state index >= 15 is 0 Å². The van der Waals surface area contributed by atoms with Crippen molar-refractivity contribution in [3.8, 4) is 5.69 Å². The van der Waals surface area contributed by atoms with Crippen LogP contribution in [0.15, 0.2) is 29.4 Å². The summed E-state index contributed by atoms with van der Waals surface area (Å²) in [4.78, 5) is 10.8. The normalized spacial score (nSPS) is 11.0. The topological polar surface area (TPSA) is 59.3 Å². The average molecular weight is 311 g/mol. The molecule has 0 radical (unpaired) electrons. The zero-order chi connectivity index (χ0) is 14.7. The second-order valence-corrected chi connectivity index (χ2v) is 4.90. The largest absolute Gasteiger partial charge is 0.274 e. The molecule has 1 heterocycles. The summed E-state index contributed by atoms with van der Waals surface area (Å²) in [6, 6.07) is 7.19. The number of carbonyl (C=O) groups is 1. The average Bonchev–Trinajstić information content (AvgIpc) is 2.66. The highest BCUT2D eigenvalue weighted by Gasteiger charge is 2.13. The number of carbonyl (C=O) groups excluding carboxylic acids is 1. The molecule has 20 heavy (non-hydrogen) atoms. The summed E-state index contributed by atoms with van der Waals surface area (Å²) >= 11 is 12.2. The van der Waals surface area contributed by atoms with Gasteiger partial charge in [0.25, 0.3) is 0 Å². The highest BCUT2D eigenvalue weighted by Crippen LogP contribution is 2.23. The first-order valence-corrected chi connectivity index (χ1v) is 6.55. The van der Waals surface area contributed by atoms with E-state index in [0.717, 1.165) is 5.69 Å². The van der Waals surface area contributed by atoms with E-state index in [1.54, 1.807) is 16.8 Å². The van der Waals surface area contributed by atoms with Gasteiger partial charge in [-0.1, -0.05) is 29.3 Å². The third-order valence-electron chi connectivity index (χ3n) is 2.52. The van der Waals surface area contributed by atoms with Crippen LogP contribution >= 0.6 is 23.2 Å². The van der Waals surface area contributed by atoms with Gasteiger partial charge in [-0.25, -0.2) is 10.1 Å². The molecule has 0 aliphatic rings. The molecule has 0 aliphatic carbocycles. The van der Waals surface area contributed by atoms with Crippen molar-refractivity contribution in [1.29, 1.82) is 0 Å². The van der Waals surface area contributed by atoms with Crippen LogP contribution in [0.4, 0.5) is 0 Å². The number of hydrogen-bond acceptors (Lipinski definition) is 3. The second-order valence-electron chi connectivity index (χ2n) is 4.11. The zero-order valence-electron chi connectivity index (χ0n) is 10.9. The van der Waals surface area contributed by atoms with Gasteiger partial charge in [-0.05, 0) is 25.1 Å². The number of aromatic nitrogens is 2. The number of nitrogens with zero attached hydrogens (tertiary/aromatic N) is 3. The van der Waals surface area contributed by atoms with Crippen LogP contribution in [-0.4, -0.2) is 21.9 Å². The fourth-order valence-corrected chi connectivity index (χ4v) is 2.13. The Balaban J connectivity index is 2.38. The minimum absolute atomic E-state index is 0.253. The van der Waals surface area contributed by atoms with E-state index in [-0.39, 0.29) is 5.91 Å². The number of halogens is 2. The van der Waals surface area contributed by atoms with Gasteiger partial charge in [0.1, 0.15) is 5.15 Å². The Labute approximate surface area is 126 Å². The summed E-state index contributed by atoms with van der Waals surface area (Å²) in [6.07, 6.45) is 1.47. The predicted molar refractivity (Wildman–Crippen MR) is 79.7 cm³/mol. The number of nitrogens with one attached hydrogen (secondary N) is 1. The van der Waals surface area contributed by atoms with Crippen LogP contribution in [0.2, 0.25) is 10.2 Å². The zero-order valence-corrected chi connectivity index (χ0v) is 12.4. The molecule has 0 spiro atoms. The number of hydrazone groups is 1. The minimum Gasteiger partial charge on any atom is -0.274 e. The highest BCUT2D eigenvalue weighted by molar-refractivity contribution is 6.32. The van der Waals surface area contributed by atoms with Crippen molar-refractivity contribution in [2.45, 2.75) is 13.8 Å². The van der Waals surface area contributed by atoms with Crippen LogP contribution in [0.5, 0.6) is 0 Å². The molecular weight excluding hydrogens is 299 g/mol. The van der Waals surface area contributed by atoms with Crippen molar-refractivity contribution in [3.05, 3.63) is 45.7 Å². The first-order chi connectivity index (χ1) is 9.49. The maximum absolute atomic E-state index is 10.8. The molecule has 7 heteroatoms. The quantitative estimate of drug-likeness (QED) is 0.700. The lowest BCUT2D eigenvalue weighted by Crippen LogP contribution is -2.12. The van der Waals surface area contributed by atoms with Gasteiger partial charge < -0.3 is 0 Å². The molecule has 1 aromatic carbocycles. The molecule has 0 saturated heterocycles. The molecule has 0 atom stereocenters. The summed E-state index contributed by atoms with van der Waals surface area (Å²) < 4.78 is 1.57. The molecule has 5 nitrogen and oxygen atoms in total. The standard InChI is InChI=1S/C13H12Cl2N4O/c1-8-12(7-16-17-9(2)20)13(15)19(18-8)11-5-3-4-10(14)6-11/h3-7H,1-2H3,(H,17,20)/b16-7-. The van der Waals surface area contributed by atoms with E-state index in [9.17, 15) is 4.79 Å². The molecular formula is C13H12Cl2N4O. The number of aryl methyl sites for hydroxylation is 1. The Morgan fingerprint density at radius 1 is 1.45 bits per heavy atom. The number of benzene rings is 1. The van der Waals surface area contributed by atoms with E-state index in [1.165, 1.54) is 13.1 Å². The van der Waals surface area contributed by atoms with Gasteiger partial charge in [-0.15, -0.1) is 0 Å². The van der Waals surface area contributed by atoms with Crippen molar-refractivity contribution in [2.24, 2.45) is 5.10 Å². The van der Waals surface area contributed by atoms with Crippen LogP contribution in [0.1, 0.15) is 18.2 Å². The molecule has 0 fully saturated rings. The smallest absolute Gasteiger partial charge is 0.236 e. The van der Waals surface area contributed by atoms with Crippen molar-refractivity contribution in [3.63, 3.8) is 0 Å². The first kappa shape index (κ1) is 14.6. The fourth-order valence-electron chi connectivity index (χ4n) is 1.62. The van der Waals surface area contributed by atoms with Gasteiger partial charge in [-0.2, -0.15) is 10.2 Å². The van der Waals surface area contributed by atoms with Crippen molar-refractivity contribution >= 4 is 35.3 Å². The Hall–Kier alpha value is -1.85. The molecule has 0 saturated carbocycles. The van der Waals surface area contributed by atoms with Crippen molar-refractivity contribution < 1.29 is 4.79 Å². The molecule has 0 unspecified atom stereocenters. The highest BCUT2D eigenvalue weighted by atomic mass is 35.5. The van der Waals surface area contributed by atoms with Gasteiger partial charge >= 0.3 is 0 Å². The van der Waals surface area contributed by atoms with E-state index in [1.807, 2.05) is 19.1 Å². The monoisotopic (exact) mass is 310 g/mol. The van der Waals surface area contributed by atoms with Gasteiger partial charge in [0.15, 0.2) is 0 Å².